The first kappa shape index (κ1) is 23.8. The Morgan fingerprint density at radius 1 is 1.03 bits per heavy atom. The van der Waals surface area contributed by atoms with Crippen LogP contribution in [0.1, 0.15) is 43.0 Å². The fraction of sp³-hybridized carbons (Fsp3) is 0.464. The predicted octanol–water partition coefficient (Wildman–Crippen LogP) is 3.63. The van der Waals surface area contributed by atoms with Crippen molar-refractivity contribution in [3.8, 4) is 16.9 Å². The van der Waals surface area contributed by atoms with Crippen LogP contribution in [0.3, 0.4) is 0 Å². The van der Waals surface area contributed by atoms with Crippen LogP contribution >= 0.6 is 0 Å². The second-order valence-electron chi connectivity index (χ2n) is 10.3. The number of anilines is 2. The van der Waals surface area contributed by atoms with Gasteiger partial charge in [0.15, 0.2) is 11.6 Å². The first-order valence-corrected chi connectivity index (χ1v) is 13.2. The Morgan fingerprint density at radius 2 is 1.78 bits per heavy atom. The van der Waals surface area contributed by atoms with E-state index in [-0.39, 0.29) is 23.7 Å². The number of nitrogen functional groups attached to an aromatic ring is 1. The van der Waals surface area contributed by atoms with E-state index in [0.717, 1.165) is 53.4 Å². The minimum absolute atomic E-state index is 0.0263. The molecule has 0 spiro atoms. The Balaban J connectivity index is 1.32. The molecule has 37 heavy (non-hydrogen) atoms. The van der Waals surface area contributed by atoms with Gasteiger partial charge >= 0.3 is 0 Å². The van der Waals surface area contributed by atoms with Crippen molar-refractivity contribution in [1.29, 1.82) is 0 Å². The topological polar surface area (TPSA) is 114 Å². The molecule has 2 aromatic carbocycles. The van der Waals surface area contributed by atoms with Crippen molar-refractivity contribution in [2.75, 3.05) is 50.0 Å². The number of ketones is 1. The molecule has 2 aliphatic heterocycles. The van der Waals surface area contributed by atoms with Gasteiger partial charge in [0.05, 0.1) is 24.1 Å². The summed E-state index contributed by atoms with van der Waals surface area (Å²) in [5.74, 6) is 1.65. The van der Waals surface area contributed by atoms with Gasteiger partial charge < -0.3 is 25.0 Å². The molecule has 3 aliphatic rings. The molecule has 3 fully saturated rings. The first-order chi connectivity index (χ1) is 18.0. The standard InChI is InChI=1S/C28H33N5O4/c1-17(34)22-5-4-19(15-24(22)32-8-10-33(11-9-32)28(35)18-2-3-18)20-14-23-26(27(29)31-30-23)25(16-20)37-21-6-12-36-13-7-21/h4-5,14-16,18,21H,2-3,6-13H2,1H3,(H3,29,30,31). The lowest BCUT2D eigenvalue weighted by atomic mass is 9.98. The lowest BCUT2D eigenvalue weighted by molar-refractivity contribution is -0.132. The number of Topliss-reactive ketones (excluding diaryl/α,β-unsaturated/α-hetero) is 1. The quantitative estimate of drug-likeness (QED) is 0.494. The predicted molar refractivity (Wildman–Crippen MR) is 142 cm³/mol. The Kier molecular flexibility index (Phi) is 6.24. The van der Waals surface area contributed by atoms with E-state index in [4.69, 9.17) is 15.2 Å². The number of nitrogens with two attached hydrogens (primary N) is 1. The number of ether oxygens (including phenoxy) is 2. The van der Waals surface area contributed by atoms with Crippen molar-refractivity contribution in [1.82, 2.24) is 15.1 Å². The molecule has 0 radical (unpaired) electrons. The number of nitrogens with zero attached hydrogens (tertiary/aromatic N) is 3. The second kappa shape index (κ2) is 9.70. The zero-order chi connectivity index (χ0) is 25.5. The van der Waals surface area contributed by atoms with E-state index < -0.39 is 0 Å². The maximum absolute atomic E-state index is 12.5. The molecule has 2 saturated heterocycles. The number of hydrogen-bond donors (Lipinski definition) is 2. The molecule has 9 nitrogen and oxygen atoms in total. The van der Waals surface area contributed by atoms with E-state index in [2.05, 4.69) is 21.2 Å². The van der Waals surface area contributed by atoms with Gasteiger partial charge in [0, 0.05) is 56.2 Å². The molecule has 1 saturated carbocycles. The number of fused-ring (bicyclic) bond motifs is 1. The van der Waals surface area contributed by atoms with E-state index in [9.17, 15) is 9.59 Å². The number of benzene rings is 2. The summed E-state index contributed by atoms with van der Waals surface area (Å²) < 4.78 is 11.9. The van der Waals surface area contributed by atoms with Crippen LogP contribution in [0.15, 0.2) is 30.3 Å². The number of aromatic nitrogens is 2. The maximum atomic E-state index is 12.5. The third-order valence-electron chi connectivity index (χ3n) is 7.69. The molecule has 0 atom stereocenters. The number of nitrogens with one attached hydrogen (secondary N) is 1. The zero-order valence-electron chi connectivity index (χ0n) is 21.2. The van der Waals surface area contributed by atoms with Gasteiger partial charge in [0.1, 0.15) is 11.9 Å². The molecule has 3 aromatic rings. The van der Waals surface area contributed by atoms with Crippen molar-refractivity contribution in [2.24, 2.45) is 5.92 Å². The monoisotopic (exact) mass is 503 g/mol. The van der Waals surface area contributed by atoms with Crippen LogP contribution in [0.2, 0.25) is 0 Å². The molecule has 9 heteroatoms. The summed E-state index contributed by atoms with van der Waals surface area (Å²) in [5, 5.41) is 8.03. The number of amides is 1. The minimum atomic E-state index is 0.0263. The average molecular weight is 504 g/mol. The van der Waals surface area contributed by atoms with E-state index >= 15 is 0 Å². The van der Waals surface area contributed by atoms with Crippen molar-refractivity contribution in [2.45, 2.75) is 38.7 Å². The molecule has 0 unspecified atom stereocenters. The lowest BCUT2D eigenvalue weighted by Crippen LogP contribution is -2.49. The molecule has 1 amide bonds. The molecular weight excluding hydrogens is 470 g/mol. The van der Waals surface area contributed by atoms with Gasteiger partial charge in [-0.25, -0.2) is 0 Å². The number of rotatable bonds is 6. The van der Waals surface area contributed by atoms with Crippen LogP contribution in [-0.4, -0.2) is 72.3 Å². The van der Waals surface area contributed by atoms with Gasteiger partial charge in [-0.3, -0.25) is 14.7 Å². The van der Waals surface area contributed by atoms with Crippen LogP contribution in [0.5, 0.6) is 5.75 Å². The molecule has 1 aliphatic carbocycles. The molecule has 3 heterocycles. The van der Waals surface area contributed by atoms with Crippen LogP contribution in [0, 0.1) is 5.92 Å². The number of H-pyrrole nitrogens is 1. The van der Waals surface area contributed by atoms with Crippen molar-refractivity contribution >= 4 is 34.1 Å². The van der Waals surface area contributed by atoms with Gasteiger partial charge in [-0.2, -0.15) is 5.10 Å². The van der Waals surface area contributed by atoms with E-state index in [1.54, 1.807) is 6.92 Å². The largest absolute Gasteiger partial charge is 0.489 e. The van der Waals surface area contributed by atoms with Gasteiger partial charge in [0.2, 0.25) is 5.91 Å². The number of aromatic amines is 1. The molecule has 1 aromatic heterocycles. The third kappa shape index (κ3) is 4.75. The number of hydrogen-bond acceptors (Lipinski definition) is 7. The highest BCUT2D eigenvalue weighted by Gasteiger charge is 2.35. The van der Waals surface area contributed by atoms with Crippen LogP contribution < -0.4 is 15.4 Å². The molecule has 0 bridgehead atoms. The van der Waals surface area contributed by atoms with Crippen LogP contribution in [0.25, 0.3) is 22.0 Å². The van der Waals surface area contributed by atoms with Gasteiger partial charge in [0.25, 0.3) is 0 Å². The highest BCUT2D eigenvalue weighted by Crippen LogP contribution is 2.38. The normalized spacial score (nSPS) is 18.8. The van der Waals surface area contributed by atoms with Crippen molar-refractivity contribution in [3.63, 3.8) is 0 Å². The molecular formula is C28H33N5O4. The summed E-state index contributed by atoms with van der Waals surface area (Å²) in [6.07, 6.45) is 3.75. The Hall–Kier alpha value is -3.59. The summed E-state index contributed by atoms with van der Waals surface area (Å²) in [5.41, 5.74) is 10.5. The van der Waals surface area contributed by atoms with Crippen molar-refractivity contribution < 1.29 is 19.1 Å². The first-order valence-electron chi connectivity index (χ1n) is 13.2. The highest BCUT2D eigenvalue weighted by atomic mass is 16.5. The Bertz CT molecular complexity index is 1330. The summed E-state index contributed by atoms with van der Waals surface area (Å²) in [7, 11) is 0. The number of carbonyl (C=O) groups is 2. The van der Waals surface area contributed by atoms with Gasteiger partial charge in [-0.1, -0.05) is 6.07 Å². The number of carbonyl (C=O) groups excluding carboxylic acids is 2. The van der Waals surface area contributed by atoms with E-state index in [1.807, 2.05) is 29.2 Å². The Labute approximate surface area is 215 Å². The van der Waals surface area contributed by atoms with E-state index in [1.165, 1.54) is 0 Å². The molecule has 6 rings (SSSR count). The van der Waals surface area contributed by atoms with Crippen LogP contribution in [-0.2, 0) is 9.53 Å². The lowest BCUT2D eigenvalue weighted by Gasteiger charge is -2.37. The molecule has 3 N–H and O–H groups in total. The van der Waals surface area contributed by atoms with E-state index in [0.29, 0.717) is 56.5 Å². The minimum Gasteiger partial charge on any atom is -0.489 e. The van der Waals surface area contributed by atoms with Gasteiger partial charge in [-0.15, -0.1) is 0 Å². The summed E-state index contributed by atoms with van der Waals surface area (Å²) >= 11 is 0. The summed E-state index contributed by atoms with van der Waals surface area (Å²) in [6, 6.07) is 10.00. The SMILES string of the molecule is CC(=O)c1ccc(-c2cc(OC3CCOCC3)c3c(N)n[nH]c3c2)cc1N1CCN(C(=O)C2CC2)CC1. The number of piperazine rings is 1. The van der Waals surface area contributed by atoms with Crippen LogP contribution in [0.4, 0.5) is 11.5 Å². The maximum Gasteiger partial charge on any atom is 0.225 e. The van der Waals surface area contributed by atoms with Gasteiger partial charge in [-0.05, 0) is 55.2 Å². The summed E-state index contributed by atoms with van der Waals surface area (Å²) in [6.45, 7) is 5.74. The summed E-state index contributed by atoms with van der Waals surface area (Å²) in [4.78, 5) is 29.2. The van der Waals surface area contributed by atoms with Crippen molar-refractivity contribution in [3.05, 3.63) is 35.9 Å². The highest BCUT2D eigenvalue weighted by molar-refractivity contribution is 6.02. The fourth-order valence-electron chi connectivity index (χ4n) is 5.40. The second-order valence-corrected chi connectivity index (χ2v) is 10.3. The zero-order valence-corrected chi connectivity index (χ0v) is 21.2. The third-order valence-corrected chi connectivity index (χ3v) is 7.69. The average Bonchev–Trinajstić information content (AvgIpc) is 3.71. The fourth-order valence-corrected chi connectivity index (χ4v) is 5.40. The molecule has 194 valence electrons. The Morgan fingerprint density at radius 3 is 2.49 bits per heavy atom. The smallest absolute Gasteiger partial charge is 0.225 e.